The fourth-order valence-electron chi connectivity index (χ4n) is 2.06. The zero-order chi connectivity index (χ0) is 19.7. The van der Waals surface area contributed by atoms with E-state index in [1.807, 2.05) is 0 Å². The van der Waals surface area contributed by atoms with Crippen molar-refractivity contribution in [3.63, 3.8) is 0 Å². The first-order chi connectivity index (χ1) is 12.6. The normalized spacial score (nSPS) is 12.7. The molecule has 0 spiro atoms. The Kier molecular flexibility index (Phi) is 4.68. The van der Waals surface area contributed by atoms with Gasteiger partial charge in [0.15, 0.2) is 0 Å². The van der Waals surface area contributed by atoms with Crippen LogP contribution in [-0.4, -0.2) is 20.1 Å². The van der Waals surface area contributed by atoms with E-state index in [0.29, 0.717) is 17.8 Å². The fourth-order valence-corrected chi connectivity index (χ4v) is 2.06. The van der Waals surface area contributed by atoms with E-state index >= 15 is 0 Å². The molecule has 3 rings (SSSR count). The average molecular weight is 386 g/mol. The Morgan fingerprint density at radius 2 is 1.52 bits per heavy atom. The molecular formula is C16H8F6N4O. The van der Waals surface area contributed by atoms with Gasteiger partial charge in [0.1, 0.15) is 5.69 Å². The van der Waals surface area contributed by atoms with Crippen LogP contribution in [0.15, 0.2) is 41.3 Å². The zero-order valence-electron chi connectivity index (χ0n) is 13.1. The molecule has 0 aliphatic carbocycles. The van der Waals surface area contributed by atoms with Gasteiger partial charge < -0.3 is 4.52 Å². The molecule has 0 radical (unpaired) electrons. The van der Waals surface area contributed by atoms with Gasteiger partial charge in [0, 0.05) is 18.5 Å². The molecule has 0 saturated carbocycles. The van der Waals surface area contributed by atoms with Gasteiger partial charge >= 0.3 is 12.4 Å². The number of nitrogens with zero attached hydrogens (tertiary/aromatic N) is 4. The summed E-state index contributed by atoms with van der Waals surface area (Å²) < 4.78 is 81.9. The number of alkyl halides is 6. The third kappa shape index (κ3) is 4.49. The summed E-state index contributed by atoms with van der Waals surface area (Å²) in [6.45, 7) is 0. The van der Waals surface area contributed by atoms with Crippen molar-refractivity contribution < 1.29 is 30.9 Å². The summed E-state index contributed by atoms with van der Waals surface area (Å²) in [5.74, 6) is -0.0515. The van der Waals surface area contributed by atoms with E-state index < -0.39 is 23.5 Å². The number of aromatic nitrogens is 4. The van der Waals surface area contributed by atoms with Crippen molar-refractivity contribution in [3.8, 4) is 11.5 Å². The molecule has 27 heavy (non-hydrogen) atoms. The largest absolute Gasteiger partial charge is 0.416 e. The molecule has 11 heteroatoms. The first-order valence-corrected chi connectivity index (χ1v) is 7.20. The van der Waals surface area contributed by atoms with E-state index in [-0.39, 0.29) is 23.3 Å². The van der Waals surface area contributed by atoms with Gasteiger partial charge in [-0.1, -0.05) is 5.16 Å². The highest BCUT2D eigenvalue weighted by molar-refractivity contribution is 5.67. The molecule has 0 atom stereocenters. The predicted octanol–water partition coefficient (Wildman–Crippen LogP) is 4.73. The molecule has 0 fully saturated rings. The third-order valence-corrected chi connectivity index (χ3v) is 3.26. The second kappa shape index (κ2) is 6.82. The maximum Gasteiger partial charge on any atom is 0.416 e. The number of benzene rings is 1. The summed E-state index contributed by atoms with van der Waals surface area (Å²) >= 11 is 0. The number of hydrogen-bond donors (Lipinski definition) is 0. The summed E-state index contributed by atoms with van der Waals surface area (Å²) in [6.07, 6.45) is -3.55. The monoisotopic (exact) mass is 386 g/mol. The molecule has 0 bridgehead atoms. The van der Waals surface area contributed by atoms with Crippen LogP contribution in [-0.2, 0) is 12.4 Å². The van der Waals surface area contributed by atoms with Crippen molar-refractivity contribution in [3.05, 3.63) is 59.4 Å². The molecule has 140 valence electrons. The van der Waals surface area contributed by atoms with E-state index in [1.165, 1.54) is 18.6 Å². The highest BCUT2D eigenvalue weighted by Gasteiger charge is 2.36. The van der Waals surface area contributed by atoms with Crippen LogP contribution in [0, 0.1) is 0 Å². The molecule has 0 aliphatic heterocycles. The Labute approximate surface area is 147 Å². The lowest BCUT2D eigenvalue weighted by Crippen LogP contribution is -2.11. The molecule has 0 N–H and O–H groups in total. The summed E-state index contributed by atoms with van der Waals surface area (Å²) in [7, 11) is 0. The molecule has 0 amide bonds. The number of hydrogen-bond acceptors (Lipinski definition) is 5. The summed E-state index contributed by atoms with van der Waals surface area (Å²) in [5, 5.41) is 3.61. The Hall–Kier alpha value is -3.24. The molecule has 0 saturated heterocycles. The minimum absolute atomic E-state index is 0.0518. The summed E-state index contributed by atoms with van der Waals surface area (Å²) in [4.78, 5) is 11.7. The fraction of sp³-hybridized carbons (Fsp3) is 0.125. The summed E-state index contributed by atoms with van der Waals surface area (Å²) in [6, 6.07) is 1.23. The van der Waals surface area contributed by atoms with Crippen molar-refractivity contribution in [2.24, 2.45) is 0 Å². The predicted molar refractivity (Wildman–Crippen MR) is 80.7 cm³/mol. The standard InChI is InChI=1S/C16H8F6N4O/c17-15(18,19)10-5-9(6-11(7-10)16(20,21)22)1-2-13-25-14(26-27-13)12-8-23-3-4-24-12/h1-8H. The Morgan fingerprint density at radius 1 is 0.852 bits per heavy atom. The first-order valence-electron chi connectivity index (χ1n) is 7.20. The molecular weight excluding hydrogens is 378 g/mol. The second-order valence-corrected chi connectivity index (χ2v) is 5.22. The maximum absolute atomic E-state index is 12.8. The minimum atomic E-state index is -4.92. The van der Waals surface area contributed by atoms with E-state index in [4.69, 9.17) is 4.52 Å². The Balaban J connectivity index is 1.92. The lowest BCUT2D eigenvalue weighted by Gasteiger charge is -2.12. The van der Waals surface area contributed by atoms with Gasteiger partial charge in [-0.25, -0.2) is 4.98 Å². The zero-order valence-corrected chi connectivity index (χ0v) is 13.1. The van der Waals surface area contributed by atoms with E-state index in [9.17, 15) is 26.3 Å². The van der Waals surface area contributed by atoms with E-state index in [2.05, 4.69) is 20.1 Å². The average Bonchev–Trinajstić information content (AvgIpc) is 3.08. The van der Waals surface area contributed by atoms with Crippen LogP contribution in [0.5, 0.6) is 0 Å². The van der Waals surface area contributed by atoms with Crippen LogP contribution in [0.1, 0.15) is 22.6 Å². The third-order valence-electron chi connectivity index (χ3n) is 3.26. The molecule has 0 unspecified atom stereocenters. The minimum Gasteiger partial charge on any atom is -0.334 e. The summed E-state index contributed by atoms with van der Waals surface area (Å²) in [5.41, 5.74) is -2.86. The molecule has 2 heterocycles. The lowest BCUT2D eigenvalue weighted by atomic mass is 10.0. The van der Waals surface area contributed by atoms with Crippen molar-refractivity contribution >= 4 is 12.2 Å². The molecule has 1 aromatic carbocycles. The van der Waals surface area contributed by atoms with Gasteiger partial charge in [-0.3, -0.25) is 4.98 Å². The lowest BCUT2D eigenvalue weighted by molar-refractivity contribution is -0.143. The molecule has 5 nitrogen and oxygen atoms in total. The van der Waals surface area contributed by atoms with Crippen molar-refractivity contribution in [2.75, 3.05) is 0 Å². The quantitative estimate of drug-likeness (QED) is 0.609. The number of rotatable bonds is 3. The SMILES string of the molecule is FC(F)(F)c1cc(C=Cc2nc(-c3cnccn3)no2)cc(C(F)(F)F)c1. The van der Waals surface area contributed by atoms with Gasteiger partial charge in [-0.05, 0) is 29.8 Å². The molecule has 0 aliphatic rings. The Bertz CT molecular complexity index is 931. The highest BCUT2D eigenvalue weighted by atomic mass is 19.4. The van der Waals surface area contributed by atoms with Crippen molar-refractivity contribution in [2.45, 2.75) is 12.4 Å². The van der Waals surface area contributed by atoms with Gasteiger partial charge in [0.2, 0.25) is 5.82 Å². The van der Waals surface area contributed by atoms with Crippen molar-refractivity contribution in [1.82, 2.24) is 20.1 Å². The topological polar surface area (TPSA) is 64.7 Å². The smallest absolute Gasteiger partial charge is 0.334 e. The highest BCUT2D eigenvalue weighted by Crippen LogP contribution is 2.36. The van der Waals surface area contributed by atoms with Crippen LogP contribution in [0.2, 0.25) is 0 Å². The van der Waals surface area contributed by atoms with E-state index in [0.717, 1.165) is 12.2 Å². The maximum atomic E-state index is 12.8. The van der Waals surface area contributed by atoms with Crippen LogP contribution in [0.25, 0.3) is 23.7 Å². The van der Waals surface area contributed by atoms with Gasteiger partial charge in [0.05, 0.1) is 17.3 Å². The molecule has 3 aromatic rings. The van der Waals surface area contributed by atoms with Crippen LogP contribution in [0.3, 0.4) is 0 Å². The molecule has 2 aromatic heterocycles. The van der Waals surface area contributed by atoms with Gasteiger partial charge in [-0.2, -0.15) is 31.3 Å². The van der Waals surface area contributed by atoms with Gasteiger partial charge in [-0.15, -0.1) is 0 Å². The second-order valence-electron chi connectivity index (χ2n) is 5.22. The van der Waals surface area contributed by atoms with Crippen molar-refractivity contribution in [1.29, 1.82) is 0 Å². The first kappa shape index (κ1) is 18.5. The van der Waals surface area contributed by atoms with Crippen LogP contribution < -0.4 is 0 Å². The van der Waals surface area contributed by atoms with Crippen LogP contribution >= 0.6 is 0 Å². The van der Waals surface area contributed by atoms with Gasteiger partial charge in [0.25, 0.3) is 5.89 Å². The van der Waals surface area contributed by atoms with E-state index in [1.54, 1.807) is 0 Å². The van der Waals surface area contributed by atoms with Crippen LogP contribution in [0.4, 0.5) is 26.3 Å². The Morgan fingerprint density at radius 3 is 2.07 bits per heavy atom. The number of halogens is 6.